The van der Waals surface area contributed by atoms with Gasteiger partial charge in [0.1, 0.15) is 12.4 Å². The van der Waals surface area contributed by atoms with Crippen LogP contribution < -0.4 is 0 Å². The molecule has 0 aliphatic carbocycles. The number of likely N-dealkylation sites (N-methyl/N-ethyl adjacent to an activating group) is 1. The number of hydrogen-bond acceptors (Lipinski definition) is 8. The summed E-state index contributed by atoms with van der Waals surface area (Å²) in [5.74, 6) is -7.16. The van der Waals surface area contributed by atoms with Gasteiger partial charge in [0, 0.05) is 52.0 Å². The number of aromatic nitrogens is 2. The average Bonchev–Trinajstić information content (AvgIpc) is 3.28. The molecule has 2 saturated heterocycles. The van der Waals surface area contributed by atoms with Gasteiger partial charge in [-0.05, 0) is 26.9 Å². The molecule has 4 heterocycles. The summed E-state index contributed by atoms with van der Waals surface area (Å²) in [6, 6.07) is 0. The third kappa shape index (κ3) is 13.2. The van der Waals surface area contributed by atoms with Crippen LogP contribution in [0.1, 0.15) is 24.4 Å². The number of ether oxygens (including phenoxy) is 1. The lowest BCUT2D eigenvalue weighted by molar-refractivity contribution is -0.193. The standard InChI is InChI=1S/C17H29N5O.3C2HF3O2/c1-19-5-3-17(4-6-19)14-22-15(11-18-16(22)13-23-17)12-21-9-7-20(2)8-10-21;3*3-2(4,5)1(6)7/h11H,3-10,12-14H2,1-2H3;3*(H,6,7). The van der Waals surface area contributed by atoms with Gasteiger partial charge < -0.3 is 34.4 Å². The molecule has 0 aromatic carbocycles. The van der Waals surface area contributed by atoms with Crippen LogP contribution in [0.5, 0.6) is 0 Å². The zero-order valence-corrected chi connectivity index (χ0v) is 23.5. The molecule has 0 radical (unpaired) electrons. The molecule has 3 aliphatic heterocycles. The van der Waals surface area contributed by atoms with Gasteiger partial charge in [-0.3, -0.25) is 4.90 Å². The molecule has 254 valence electrons. The molecule has 2 fully saturated rings. The molecule has 1 aromatic rings. The highest BCUT2D eigenvalue weighted by atomic mass is 19.4. The number of alkyl halides is 9. The minimum atomic E-state index is -5.08. The molecule has 0 saturated carbocycles. The normalized spacial score (nSPS) is 19.2. The van der Waals surface area contributed by atoms with E-state index >= 15 is 0 Å². The third-order valence-corrected chi connectivity index (χ3v) is 6.58. The molecule has 3 aliphatic rings. The predicted molar refractivity (Wildman–Crippen MR) is 130 cm³/mol. The minimum absolute atomic E-state index is 0.0388. The average molecular weight is 662 g/mol. The Kier molecular flexibility index (Phi) is 13.9. The molecular formula is C23H32F9N5O7. The van der Waals surface area contributed by atoms with E-state index in [1.165, 1.54) is 18.8 Å². The maximum atomic E-state index is 10.6. The van der Waals surface area contributed by atoms with E-state index in [9.17, 15) is 39.5 Å². The lowest BCUT2D eigenvalue weighted by Crippen LogP contribution is -2.50. The van der Waals surface area contributed by atoms with Crippen LogP contribution in [0.4, 0.5) is 39.5 Å². The molecule has 0 amide bonds. The van der Waals surface area contributed by atoms with Crippen molar-refractivity contribution < 1.29 is 74.0 Å². The van der Waals surface area contributed by atoms with Crippen molar-refractivity contribution >= 4 is 17.9 Å². The molecule has 12 nitrogen and oxygen atoms in total. The van der Waals surface area contributed by atoms with Crippen LogP contribution in [0.3, 0.4) is 0 Å². The second kappa shape index (κ2) is 15.7. The van der Waals surface area contributed by atoms with Gasteiger partial charge in [0.15, 0.2) is 0 Å². The summed E-state index contributed by atoms with van der Waals surface area (Å²) in [6.45, 7) is 9.60. The summed E-state index contributed by atoms with van der Waals surface area (Å²) in [5, 5.41) is 21.4. The van der Waals surface area contributed by atoms with Gasteiger partial charge in [-0.2, -0.15) is 39.5 Å². The van der Waals surface area contributed by atoms with E-state index in [2.05, 4.69) is 44.5 Å². The smallest absolute Gasteiger partial charge is 0.475 e. The number of piperazine rings is 1. The summed E-state index contributed by atoms with van der Waals surface area (Å²) in [6.07, 6.45) is -10.9. The number of carbonyl (C=O) groups is 3. The summed E-state index contributed by atoms with van der Waals surface area (Å²) in [4.78, 5) is 38.7. The maximum absolute atomic E-state index is 10.6. The van der Waals surface area contributed by atoms with Crippen LogP contribution in [0.2, 0.25) is 0 Å². The second-order valence-corrected chi connectivity index (χ2v) is 10.0. The third-order valence-electron chi connectivity index (χ3n) is 6.58. The fourth-order valence-corrected chi connectivity index (χ4v) is 4.00. The Morgan fingerprint density at radius 1 is 0.773 bits per heavy atom. The van der Waals surface area contributed by atoms with E-state index in [1.807, 2.05) is 0 Å². The number of hydrogen-bond donors (Lipinski definition) is 3. The first-order valence-electron chi connectivity index (χ1n) is 12.6. The van der Waals surface area contributed by atoms with E-state index in [1.54, 1.807) is 0 Å². The highest BCUT2D eigenvalue weighted by Gasteiger charge is 2.40. The number of imidazole rings is 1. The lowest BCUT2D eigenvalue weighted by atomic mass is 9.90. The summed E-state index contributed by atoms with van der Waals surface area (Å²) >= 11 is 0. The van der Waals surface area contributed by atoms with Crippen molar-refractivity contribution in [3.8, 4) is 0 Å². The van der Waals surface area contributed by atoms with Gasteiger partial charge in [-0.25, -0.2) is 19.4 Å². The monoisotopic (exact) mass is 661 g/mol. The first kappa shape index (κ1) is 38.9. The Balaban J connectivity index is 0.000000379. The number of fused-ring (bicyclic) bond motifs is 1. The van der Waals surface area contributed by atoms with Crippen LogP contribution >= 0.6 is 0 Å². The maximum Gasteiger partial charge on any atom is 0.490 e. The molecule has 0 unspecified atom stereocenters. The molecule has 21 heteroatoms. The van der Waals surface area contributed by atoms with Crippen LogP contribution in [0, 0.1) is 0 Å². The van der Waals surface area contributed by atoms with Crippen molar-refractivity contribution in [2.24, 2.45) is 0 Å². The predicted octanol–water partition coefficient (Wildman–Crippen LogP) is 2.52. The van der Waals surface area contributed by atoms with E-state index in [0.29, 0.717) is 6.61 Å². The quantitative estimate of drug-likeness (QED) is 0.402. The number of piperidine rings is 1. The Morgan fingerprint density at radius 3 is 1.55 bits per heavy atom. The Bertz CT molecular complexity index is 1040. The van der Waals surface area contributed by atoms with Gasteiger partial charge in [0.25, 0.3) is 0 Å². The van der Waals surface area contributed by atoms with Gasteiger partial charge in [0.05, 0.1) is 17.8 Å². The summed E-state index contributed by atoms with van der Waals surface area (Å²) < 4.78 is 104. The van der Waals surface area contributed by atoms with Gasteiger partial charge in [-0.15, -0.1) is 0 Å². The summed E-state index contributed by atoms with van der Waals surface area (Å²) in [7, 11) is 4.41. The Morgan fingerprint density at radius 2 is 1.16 bits per heavy atom. The first-order valence-corrected chi connectivity index (χ1v) is 12.6. The van der Waals surface area contributed by atoms with Crippen molar-refractivity contribution in [2.75, 3.05) is 53.4 Å². The van der Waals surface area contributed by atoms with Crippen LogP contribution in [0.25, 0.3) is 0 Å². The molecule has 1 aromatic heterocycles. The van der Waals surface area contributed by atoms with E-state index < -0.39 is 36.4 Å². The highest BCUT2D eigenvalue weighted by molar-refractivity contribution is 5.73. The fraction of sp³-hybridized carbons (Fsp3) is 0.739. The number of nitrogens with zero attached hydrogens (tertiary/aromatic N) is 5. The van der Waals surface area contributed by atoms with Crippen LogP contribution in [0.15, 0.2) is 6.20 Å². The molecule has 44 heavy (non-hydrogen) atoms. The largest absolute Gasteiger partial charge is 0.490 e. The zero-order valence-electron chi connectivity index (χ0n) is 23.5. The number of rotatable bonds is 2. The van der Waals surface area contributed by atoms with E-state index in [-0.39, 0.29) is 5.60 Å². The van der Waals surface area contributed by atoms with Crippen molar-refractivity contribution in [1.82, 2.24) is 24.3 Å². The molecule has 0 bridgehead atoms. The molecule has 0 atom stereocenters. The highest BCUT2D eigenvalue weighted by Crippen LogP contribution is 2.33. The Labute approximate surface area is 244 Å². The number of likely N-dealkylation sites (tertiary alicyclic amines) is 1. The van der Waals surface area contributed by atoms with Crippen molar-refractivity contribution in [3.05, 3.63) is 17.7 Å². The van der Waals surface area contributed by atoms with Crippen molar-refractivity contribution in [2.45, 2.75) is 56.7 Å². The van der Waals surface area contributed by atoms with Crippen molar-refractivity contribution in [3.63, 3.8) is 0 Å². The van der Waals surface area contributed by atoms with Crippen LogP contribution in [-0.2, 0) is 38.8 Å². The first-order chi connectivity index (χ1) is 20.0. The fourth-order valence-electron chi connectivity index (χ4n) is 4.00. The van der Waals surface area contributed by atoms with E-state index in [4.69, 9.17) is 34.4 Å². The van der Waals surface area contributed by atoms with Crippen molar-refractivity contribution in [1.29, 1.82) is 0 Å². The summed E-state index contributed by atoms with van der Waals surface area (Å²) in [5.41, 5.74) is 1.41. The topological polar surface area (TPSA) is 149 Å². The number of carboxylic acid groups (broad SMARTS) is 3. The number of halogens is 9. The van der Waals surface area contributed by atoms with Gasteiger partial charge in [-0.1, -0.05) is 0 Å². The zero-order chi connectivity index (χ0) is 34.1. The minimum Gasteiger partial charge on any atom is -0.475 e. The second-order valence-electron chi connectivity index (χ2n) is 10.0. The van der Waals surface area contributed by atoms with Gasteiger partial charge >= 0.3 is 36.4 Å². The lowest BCUT2D eigenvalue weighted by Gasteiger charge is -2.43. The molecule has 1 spiro atoms. The van der Waals surface area contributed by atoms with Crippen LogP contribution in [-0.4, -0.2) is 135 Å². The molecule has 4 rings (SSSR count). The number of aliphatic carboxylic acids is 3. The van der Waals surface area contributed by atoms with Gasteiger partial charge in [0.2, 0.25) is 0 Å². The molecule has 3 N–H and O–H groups in total. The molecular weight excluding hydrogens is 629 g/mol. The number of carboxylic acids is 3. The Hall–Kier alpha value is -3.17. The van der Waals surface area contributed by atoms with E-state index in [0.717, 1.165) is 57.9 Å². The SMILES string of the molecule is CN1CCN(Cc2cnc3n2CC2(CCN(C)CC2)OC3)CC1.O=C(O)C(F)(F)F.O=C(O)C(F)(F)F.O=C(O)C(F)(F)F.